The molecule has 2 fully saturated rings. The molecule has 2 aliphatic rings. The van der Waals surface area contributed by atoms with Crippen LogP contribution in [0.4, 0.5) is 0 Å². The van der Waals surface area contributed by atoms with Crippen molar-refractivity contribution in [1.29, 1.82) is 0 Å². The number of aromatic nitrogens is 1. The molecule has 6 nitrogen and oxygen atoms in total. The Morgan fingerprint density at radius 3 is 2.94 bits per heavy atom. The van der Waals surface area contributed by atoms with E-state index >= 15 is 0 Å². The number of aryl methyl sites for hydroxylation is 2. The van der Waals surface area contributed by atoms with Gasteiger partial charge in [0.2, 0.25) is 0 Å². The Kier molecular flexibility index (Phi) is 2.64. The summed E-state index contributed by atoms with van der Waals surface area (Å²) in [5.74, 6) is 0.738. The third-order valence-electron chi connectivity index (χ3n) is 4.00. The quantitative estimate of drug-likeness (QED) is 0.780. The Hall–Kier alpha value is -1.40. The molecular weight excluding hydrogens is 234 g/mol. The minimum absolute atomic E-state index is 0.0121. The molecule has 3 N–H and O–H groups in total. The molecule has 1 saturated carbocycles. The second-order valence-corrected chi connectivity index (χ2v) is 5.06. The molecule has 98 valence electrons. The molecule has 2 heterocycles. The minimum atomic E-state index is -0.180. The zero-order valence-corrected chi connectivity index (χ0v) is 10.5. The summed E-state index contributed by atoms with van der Waals surface area (Å²) in [6.45, 7) is 4.21. The first-order chi connectivity index (χ1) is 8.59. The maximum atomic E-state index is 12.2. The first kappa shape index (κ1) is 11.7. The van der Waals surface area contributed by atoms with Crippen LogP contribution in [0.15, 0.2) is 4.52 Å². The van der Waals surface area contributed by atoms with Crippen LogP contribution < -0.4 is 11.1 Å². The summed E-state index contributed by atoms with van der Waals surface area (Å²) >= 11 is 0. The van der Waals surface area contributed by atoms with Gasteiger partial charge in [-0.15, -0.1) is 0 Å². The van der Waals surface area contributed by atoms with Crippen molar-refractivity contribution in [3.63, 3.8) is 0 Å². The molecule has 0 aromatic carbocycles. The number of rotatable bonds is 2. The Morgan fingerprint density at radius 1 is 1.50 bits per heavy atom. The van der Waals surface area contributed by atoms with Crippen molar-refractivity contribution in [2.75, 3.05) is 6.61 Å². The molecule has 6 heteroatoms. The number of hydrogen-bond donors (Lipinski definition) is 2. The number of amides is 1. The molecule has 4 unspecified atom stereocenters. The van der Waals surface area contributed by atoms with Gasteiger partial charge in [0.05, 0.1) is 17.8 Å². The highest BCUT2D eigenvalue weighted by Crippen LogP contribution is 2.37. The predicted octanol–water partition coefficient (Wildman–Crippen LogP) is 0.136. The fraction of sp³-hybridized carbons (Fsp3) is 0.667. The lowest BCUT2D eigenvalue weighted by Gasteiger charge is -2.45. The Labute approximate surface area is 105 Å². The number of nitrogens with two attached hydrogens (primary N) is 1. The van der Waals surface area contributed by atoms with E-state index in [-0.39, 0.29) is 24.1 Å². The largest absolute Gasteiger partial charge is 0.376 e. The van der Waals surface area contributed by atoms with Crippen LogP contribution in [-0.4, -0.2) is 35.9 Å². The van der Waals surface area contributed by atoms with Crippen LogP contribution in [0.2, 0.25) is 0 Å². The highest BCUT2D eigenvalue weighted by atomic mass is 16.5. The standard InChI is InChI=1S/C12H17N3O3/c1-5-8(6(2)18-15-5)12(16)14-10-9(13)7-3-4-17-11(7)10/h7,9-11H,3-4,13H2,1-2H3,(H,14,16). The van der Waals surface area contributed by atoms with Crippen molar-refractivity contribution < 1.29 is 14.1 Å². The third kappa shape index (κ3) is 1.56. The SMILES string of the molecule is Cc1noc(C)c1C(=O)NC1C(N)C2CCOC21. The van der Waals surface area contributed by atoms with Crippen molar-refractivity contribution in [2.24, 2.45) is 11.7 Å². The fourth-order valence-electron chi connectivity index (χ4n) is 2.96. The molecule has 1 aromatic heterocycles. The number of hydrogen-bond acceptors (Lipinski definition) is 5. The first-order valence-corrected chi connectivity index (χ1v) is 6.20. The molecule has 1 aliphatic carbocycles. The van der Waals surface area contributed by atoms with E-state index in [1.165, 1.54) is 0 Å². The van der Waals surface area contributed by atoms with Gasteiger partial charge in [-0.2, -0.15) is 0 Å². The summed E-state index contributed by atoms with van der Waals surface area (Å²) < 4.78 is 10.6. The Bertz CT molecular complexity index is 465. The van der Waals surface area contributed by atoms with Gasteiger partial charge < -0.3 is 20.3 Å². The number of carbonyl (C=O) groups is 1. The number of carbonyl (C=O) groups excluding carboxylic acids is 1. The average Bonchev–Trinajstić information content (AvgIpc) is 2.91. The van der Waals surface area contributed by atoms with E-state index in [0.717, 1.165) is 13.0 Å². The van der Waals surface area contributed by atoms with Crippen molar-refractivity contribution >= 4 is 5.91 Å². The van der Waals surface area contributed by atoms with Gasteiger partial charge in [-0.1, -0.05) is 5.16 Å². The van der Waals surface area contributed by atoms with Crippen molar-refractivity contribution in [3.8, 4) is 0 Å². The summed E-state index contributed by atoms with van der Waals surface area (Å²) in [5, 5.41) is 6.71. The van der Waals surface area contributed by atoms with Crippen LogP contribution in [0.1, 0.15) is 28.2 Å². The van der Waals surface area contributed by atoms with Crippen LogP contribution in [0.25, 0.3) is 0 Å². The summed E-state index contributed by atoms with van der Waals surface area (Å²) in [5.41, 5.74) is 7.15. The van der Waals surface area contributed by atoms with Gasteiger partial charge in [0.1, 0.15) is 11.3 Å². The maximum absolute atomic E-state index is 12.2. The number of nitrogens with one attached hydrogen (secondary N) is 1. The van der Waals surface area contributed by atoms with E-state index in [1.807, 2.05) is 0 Å². The Balaban J connectivity index is 1.72. The second kappa shape index (κ2) is 4.07. The third-order valence-corrected chi connectivity index (χ3v) is 4.00. The van der Waals surface area contributed by atoms with Gasteiger partial charge in [-0.3, -0.25) is 4.79 Å². The van der Waals surface area contributed by atoms with Gasteiger partial charge in [-0.05, 0) is 20.3 Å². The van der Waals surface area contributed by atoms with Crippen LogP contribution in [0, 0.1) is 19.8 Å². The van der Waals surface area contributed by atoms with Crippen LogP contribution in [0.3, 0.4) is 0 Å². The number of ether oxygens (including phenoxy) is 1. The lowest BCUT2D eigenvalue weighted by atomic mass is 9.72. The molecule has 1 saturated heterocycles. The average molecular weight is 251 g/mol. The van der Waals surface area contributed by atoms with E-state index in [4.69, 9.17) is 15.0 Å². The summed E-state index contributed by atoms with van der Waals surface area (Å²) in [7, 11) is 0. The number of fused-ring (bicyclic) bond motifs is 1. The fourth-order valence-corrected chi connectivity index (χ4v) is 2.96. The molecule has 1 aromatic rings. The monoisotopic (exact) mass is 251 g/mol. The Morgan fingerprint density at radius 2 is 2.28 bits per heavy atom. The summed E-state index contributed by atoms with van der Waals surface area (Å²) in [4.78, 5) is 12.2. The van der Waals surface area contributed by atoms with Gasteiger partial charge in [-0.25, -0.2) is 0 Å². The van der Waals surface area contributed by atoms with Gasteiger partial charge in [0.25, 0.3) is 5.91 Å². The van der Waals surface area contributed by atoms with Crippen molar-refractivity contribution in [3.05, 3.63) is 17.0 Å². The highest BCUT2D eigenvalue weighted by Gasteiger charge is 2.52. The lowest BCUT2D eigenvalue weighted by molar-refractivity contribution is -0.0161. The van der Waals surface area contributed by atoms with Crippen LogP contribution in [-0.2, 0) is 4.74 Å². The van der Waals surface area contributed by atoms with E-state index in [2.05, 4.69) is 10.5 Å². The molecule has 0 spiro atoms. The van der Waals surface area contributed by atoms with Crippen molar-refractivity contribution in [1.82, 2.24) is 10.5 Å². The minimum Gasteiger partial charge on any atom is -0.376 e. The molecule has 0 radical (unpaired) electrons. The van der Waals surface area contributed by atoms with Crippen LogP contribution in [0.5, 0.6) is 0 Å². The van der Waals surface area contributed by atoms with Gasteiger partial charge >= 0.3 is 0 Å². The van der Waals surface area contributed by atoms with Gasteiger partial charge in [0.15, 0.2) is 0 Å². The molecular formula is C12H17N3O3. The summed E-state index contributed by atoms with van der Waals surface area (Å²) in [6.07, 6.45) is 1.06. The summed E-state index contributed by atoms with van der Waals surface area (Å²) in [6, 6.07) is -0.111. The van der Waals surface area contributed by atoms with Gasteiger partial charge in [0, 0.05) is 18.6 Å². The van der Waals surface area contributed by atoms with E-state index in [1.54, 1.807) is 13.8 Å². The topological polar surface area (TPSA) is 90.4 Å². The zero-order valence-electron chi connectivity index (χ0n) is 10.5. The smallest absolute Gasteiger partial charge is 0.257 e. The second-order valence-electron chi connectivity index (χ2n) is 5.06. The molecule has 0 bridgehead atoms. The highest BCUT2D eigenvalue weighted by molar-refractivity contribution is 5.96. The first-order valence-electron chi connectivity index (χ1n) is 6.20. The van der Waals surface area contributed by atoms with E-state index < -0.39 is 0 Å². The molecule has 1 aliphatic heterocycles. The van der Waals surface area contributed by atoms with E-state index in [9.17, 15) is 4.79 Å². The maximum Gasteiger partial charge on any atom is 0.257 e. The lowest BCUT2D eigenvalue weighted by Crippen LogP contribution is -2.69. The predicted molar refractivity (Wildman–Crippen MR) is 63.1 cm³/mol. The zero-order chi connectivity index (χ0) is 12.9. The molecule has 1 amide bonds. The van der Waals surface area contributed by atoms with Crippen LogP contribution >= 0.6 is 0 Å². The number of nitrogens with zero attached hydrogens (tertiary/aromatic N) is 1. The molecule has 4 atom stereocenters. The molecule has 3 rings (SSSR count). The molecule has 18 heavy (non-hydrogen) atoms. The normalized spacial score (nSPS) is 33.9. The van der Waals surface area contributed by atoms with Crippen molar-refractivity contribution in [2.45, 2.75) is 38.5 Å². The van der Waals surface area contributed by atoms with E-state index in [0.29, 0.717) is 22.9 Å².